The quantitative estimate of drug-likeness (QED) is 0.830. The minimum atomic E-state index is -0.765. The molecule has 18 heavy (non-hydrogen) atoms. The molecule has 0 aromatic rings. The van der Waals surface area contributed by atoms with E-state index in [-0.39, 0.29) is 12.3 Å². The lowest BCUT2D eigenvalue weighted by molar-refractivity contribution is -0.137. The van der Waals surface area contributed by atoms with Crippen molar-refractivity contribution >= 4 is 5.97 Å². The van der Waals surface area contributed by atoms with Crippen LogP contribution in [0.15, 0.2) is 0 Å². The van der Waals surface area contributed by atoms with Crippen LogP contribution in [0.2, 0.25) is 0 Å². The van der Waals surface area contributed by atoms with Gasteiger partial charge in [0.05, 0.1) is 12.0 Å². The number of nitriles is 1. The zero-order valence-corrected chi connectivity index (χ0v) is 10.7. The van der Waals surface area contributed by atoms with Crippen molar-refractivity contribution < 1.29 is 9.90 Å². The number of hydrogen-bond donors (Lipinski definition) is 1. The molecule has 0 aliphatic heterocycles. The lowest BCUT2D eigenvalue weighted by Crippen LogP contribution is -2.47. The second kappa shape index (κ2) is 4.57. The van der Waals surface area contributed by atoms with E-state index in [1.807, 2.05) is 0 Å². The van der Waals surface area contributed by atoms with Gasteiger partial charge < -0.3 is 5.11 Å². The third kappa shape index (κ3) is 2.02. The van der Waals surface area contributed by atoms with Crippen LogP contribution in [-0.4, -0.2) is 11.1 Å². The molecule has 0 spiro atoms. The Morgan fingerprint density at radius 1 is 1.17 bits per heavy atom. The van der Waals surface area contributed by atoms with Crippen LogP contribution in [0.4, 0.5) is 0 Å². The average molecular weight is 247 g/mol. The van der Waals surface area contributed by atoms with Crippen LogP contribution in [0, 0.1) is 46.8 Å². The number of rotatable bonds is 4. The lowest BCUT2D eigenvalue weighted by atomic mass is 9.49. The largest absolute Gasteiger partial charge is 0.481 e. The van der Waals surface area contributed by atoms with E-state index < -0.39 is 5.97 Å². The van der Waals surface area contributed by atoms with Gasteiger partial charge >= 0.3 is 5.97 Å². The standard InChI is InChI=1S/C15H21NO2/c16-8-11(1-2-14(17)18)15-12-4-9-3-10(6-12)7-13(15)5-9/h9-13,15H,1-7H2,(H,17,18). The molecule has 3 heteroatoms. The second-order valence-corrected chi connectivity index (χ2v) is 6.68. The Hall–Kier alpha value is -1.04. The molecule has 0 heterocycles. The Morgan fingerprint density at radius 2 is 1.72 bits per heavy atom. The number of aliphatic carboxylic acids is 1. The third-order valence-electron chi connectivity index (χ3n) is 5.60. The first-order valence-electron chi connectivity index (χ1n) is 7.28. The fourth-order valence-electron chi connectivity index (χ4n) is 5.25. The van der Waals surface area contributed by atoms with Gasteiger partial charge in [0.1, 0.15) is 0 Å². The first-order valence-corrected chi connectivity index (χ1v) is 7.28. The molecule has 4 bridgehead atoms. The maximum atomic E-state index is 10.7. The van der Waals surface area contributed by atoms with E-state index in [2.05, 4.69) is 6.07 Å². The fourth-order valence-corrected chi connectivity index (χ4v) is 5.25. The highest BCUT2D eigenvalue weighted by molar-refractivity contribution is 5.66. The highest BCUT2D eigenvalue weighted by atomic mass is 16.4. The maximum absolute atomic E-state index is 10.7. The molecule has 0 amide bonds. The van der Waals surface area contributed by atoms with Crippen LogP contribution < -0.4 is 0 Å². The summed E-state index contributed by atoms with van der Waals surface area (Å²) in [7, 11) is 0. The predicted molar refractivity (Wildman–Crippen MR) is 66.5 cm³/mol. The maximum Gasteiger partial charge on any atom is 0.303 e. The SMILES string of the molecule is N#CC(CCC(=O)O)C1C2CC3CC(C2)CC1C3. The summed E-state index contributed by atoms with van der Waals surface area (Å²) in [5, 5.41) is 18.2. The summed E-state index contributed by atoms with van der Waals surface area (Å²) in [6, 6.07) is 2.42. The summed E-state index contributed by atoms with van der Waals surface area (Å²) in [6.07, 6.45) is 7.36. The molecule has 0 radical (unpaired) electrons. The first-order chi connectivity index (χ1) is 8.67. The molecule has 4 saturated carbocycles. The summed E-state index contributed by atoms with van der Waals surface area (Å²) >= 11 is 0. The molecular weight excluding hydrogens is 226 g/mol. The van der Waals surface area contributed by atoms with Crippen molar-refractivity contribution in [3.63, 3.8) is 0 Å². The topological polar surface area (TPSA) is 61.1 Å². The number of hydrogen-bond acceptors (Lipinski definition) is 2. The number of carbonyl (C=O) groups is 1. The molecule has 0 saturated heterocycles. The molecular formula is C15H21NO2. The van der Waals surface area contributed by atoms with Crippen LogP contribution in [0.3, 0.4) is 0 Å². The van der Waals surface area contributed by atoms with Crippen molar-refractivity contribution in [2.45, 2.75) is 44.9 Å². The molecule has 3 nitrogen and oxygen atoms in total. The predicted octanol–water partition coefficient (Wildman–Crippen LogP) is 3.06. The smallest absolute Gasteiger partial charge is 0.303 e. The van der Waals surface area contributed by atoms with E-state index in [9.17, 15) is 10.1 Å². The Kier molecular flexibility index (Phi) is 3.05. The van der Waals surface area contributed by atoms with Crippen molar-refractivity contribution in [2.75, 3.05) is 0 Å². The molecule has 4 rings (SSSR count). The third-order valence-corrected chi connectivity index (χ3v) is 5.60. The average Bonchev–Trinajstić information content (AvgIpc) is 2.31. The normalized spacial score (nSPS) is 42.5. The van der Waals surface area contributed by atoms with Crippen LogP contribution in [0.5, 0.6) is 0 Å². The van der Waals surface area contributed by atoms with Crippen LogP contribution in [-0.2, 0) is 4.79 Å². The van der Waals surface area contributed by atoms with Gasteiger partial charge in [0.15, 0.2) is 0 Å². The number of nitrogens with zero attached hydrogens (tertiary/aromatic N) is 1. The van der Waals surface area contributed by atoms with E-state index >= 15 is 0 Å². The van der Waals surface area contributed by atoms with Crippen molar-refractivity contribution in [1.82, 2.24) is 0 Å². The van der Waals surface area contributed by atoms with Gasteiger partial charge in [-0.1, -0.05) is 0 Å². The highest BCUT2D eigenvalue weighted by Crippen LogP contribution is 2.58. The van der Waals surface area contributed by atoms with Crippen molar-refractivity contribution in [1.29, 1.82) is 5.26 Å². The van der Waals surface area contributed by atoms with E-state index in [4.69, 9.17) is 5.11 Å². The molecule has 0 aromatic heterocycles. The van der Waals surface area contributed by atoms with Gasteiger partial charge in [-0.05, 0) is 68.1 Å². The molecule has 0 aromatic carbocycles. The van der Waals surface area contributed by atoms with Gasteiger partial charge in [-0.2, -0.15) is 5.26 Å². The fraction of sp³-hybridized carbons (Fsp3) is 0.867. The number of carboxylic acid groups (broad SMARTS) is 1. The summed E-state index contributed by atoms with van der Waals surface area (Å²) in [6.45, 7) is 0. The van der Waals surface area contributed by atoms with Gasteiger partial charge in [0.2, 0.25) is 0 Å². The minimum absolute atomic E-state index is 0.0175. The Labute approximate surface area is 108 Å². The Bertz CT molecular complexity index is 356. The zero-order valence-electron chi connectivity index (χ0n) is 10.7. The van der Waals surface area contributed by atoms with Gasteiger partial charge in [-0.3, -0.25) is 4.79 Å². The molecule has 98 valence electrons. The summed E-state index contributed by atoms with van der Waals surface area (Å²) in [4.78, 5) is 10.7. The molecule has 4 aliphatic carbocycles. The minimum Gasteiger partial charge on any atom is -0.481 e. The van der Waals surface area contributed by atoms with Crippen LogP contribution >= 0.6 is 0 Å². The second-order valence-electron chi connectivity index (χ2n) is 6.68. The van der Waals surface area contributed by atoms with Gasteiger partial charge in [-0.25, -0.2) is 0 Å². The van der Waals surface area contributed by atoms with Crippen LogP contribution in [0.25, 0.3) is 0 Å². The monoisotopic (exact) mass is 247 g/mol. The van der Waals surface area contributed by atoms with Gasteiger partial charge in [0, 0.05) is 6.42 Å². The van der Waals surface area contributed by atoms with Crippen LogP contribution in [0.1, 0.15) is 44.9 Å². The van der Waals surface area contributed by atoms with E-state index in [0.29, 0.717) is 12.3 Å². The lowest BCUT2D eigenvalue weighted by Gasteiger charge is -2.55. The van der Waals surface area contributed by atoms with Crippen molar-refractivity contribution in [2.24, 2.45) is 35.5 Å². The van der Waals surface area contributed by atoms with E-state index in [1.54, 1.807) is 0 Å². The Balaban J connectivity index is 1.71. The number of carboxylic acids is 1. The van der Waals surface area contributed by atoms with Gasteiger partial charge in [0.25, 0.3) is 0 Å². The van der Waals surface area contributed by atoms with E-state index in [1.165, 1.54) is 32.1 Å². The molecule has 4 aliphatic rings. The zero-order chi connectivity index (χ0) is 12.7. The summed E-state index contributed by atoms with van der Waals surface area (Å²) < 4.78 is 0. The summed E-state index contributed by atoms with van der Waals surface area (Å²) in [5.74, 6) is 3.00. The van der Waals surface area contributed by atoms with Crippen molar-refractivity contribution in [3.8, 4) is 6.07 Å². The van der Waals surface area contributed by atoms with Gasteiger partial charge in [-0.15, -0.1) is 0 Å². The molecule has 1 unspecified atom stereocenters. The summed E-state index contributed by atoms with van der Waals surface area (Å²) in [5.41, 5.74) is 0. The highest BCUT2D eigenvalue weighted by Gasteiger charge is 2.50. The first kappa shape index (κ1) is 12.0. The van der Waals surface area contributed by atoms with Crippen molar-refractivity contribution in [3.05, 3.63) is 0 Å². The van der Waals surface area contributed by atoms with E-state index in [0.717, 1.165) is 23.7 Å². The Morgan fingerprint density at radius 3 is 2.17 bits per heavy atom. The molecule has 4 fully saturated rings. The molecule has 1 N–H and O–H groups in total. The molecule has 1 atom stereocenters.